The number of hydrogen-bond acceptors (Lipinski definition) is 8. The first-order chi connectivity index (χ1) is 15.7. The van der Waals surface area contributed by atoms with Crippen molar-refractivity contribution in [3.8, 4) is 23.0 Å². The van der Waals surface area contributed by atoms with Crippen molar-refractivity contribution in [2.45, 2.75) is 18.9 Å². The van der Waals surface area contributed by atoms with Gasteiger partial charge in [-0.1, -0.05) is 0 Å². The molecule has 0 saturated carbocycles. The van der Waals surface area contributed by atoms with E-state index < -0.39 is 34.9 Å². The topological polar surface area (TPSA) is 134 Å². The molecule has 33 heavy (non-hydrogen) atoms. The Bertz CT molecular complexity index is 1050. The van der Waals surface area contributed by atoms with Crippen molar-refractivity contribution in [2.24, 2.45) is 11.3 Å². The van der Waals surface area contributed by atoms with Crippen molar-refractivity contribution in [1.82, 2.24) is 4.90 Å². The van der Waals surface area contributed by atoms with E-state index in [1.807, 2.05) is 0 Å². The number of carboxylic acids is 1. The van der Waals surface area contributed by atoms with E-state index in [0.717, 1.165) is 0 Å². The van der Waals surface area contributed by atoms with E-state index in [9.17, 15) is 29.7 Å². The van der Waals surface area contributed by atoms with Crippen LogP contribution in [0.25, 0.3) is 0 Å². The summed E-state index contributed by atoms with van der Waals surface area (Å²) in [5.41, 5.74) is -1.75. The molecule has 1 unspecified atom stereocenters. The van der Waals surface area contributed by atoms with Gasteiger partial charge in [0.1, 0.15) is 11.5 Å². The number of hydrogen-bond donors (Lipinski definition) is 3. The van der Waals surface area contributed by atoms with Gasteiger partial charge in [-0.3, -0.25) is 19.3 Å². The van der Waals surface area contributed by atoms with E-state index in [-0.39, 0.29) is 34.1 Å². The van der Waals surface area contributed by atoms with E-state index in [1.165, 1.54) is 50.6 Å². The van der Waals surface area contributed by atoms with Crippen LogP contribution in [-0.2, 0) is 4.79 Å². The Hall–Kier alpha value is -3.59. The van der Waals surface area contributed by atoms with E-state index in [4.69, 9.17) is 9.47 Å². The summed E-state index contributed by atoms with van der Waals surface area (Å²) in [4.78, 5) is 42.4. The number of phenolic OH excluding ortho intramolecular Hbond substituents is 2. The van der Waals surface area contributed by atoms with E-state index in [2.05, 4.69) is 0 Å². The second-order valence-corrected chi connectivity index (χ2v) is 8.35. The molecule has 3 N–H and O–H groups in total. The summed E-state index contributed by atoms with van der Waals surface area (Å²) < 4.78 is 10.2. The fourth-order valence-electron chi connectivity index (χ4n) is 5.31. The molecule has 0 radical (unpaired) electrons. The van der Waals surface area contributed by atoms with Crippen LogP contribution in [0.4, 0.5) is 0 Å². The number of aliphatic carboxylic acids is 1. The van der Waals surface area contributed by atoms with Crippen molar-refractivity contribution in [2.75, 3.05) is 27.3 Å². The number of nitrogens with zero attached hydrogens (tertiary/aromatic N) is 1. The van der Waals surface area contributed by atoms with Crippen LogP contribution in [0.5, 0.6) is 23.0 Å². The zero-order valence-electron chi connectivity index (χ0n) is 18.3. The van der Waals surface area contributed by atoms with E-state index in [0.29, 0.717) is 25.9 Å². The molecule has 0 spiro atoms. The third-order valence-electron chi connectivity index (χ3n) is 6.84. The maximum Gasteiger partial charge on any atom is 0.322 e. The number of benzene rings is 2. The molecule has 3 saturated heterocycles. The highest BCUT2D eigenvalue weighted by molar-refractivity contribution is 6.23. The minimum absolute atomic E-state index is 0.0444. The number of methoxy groups -OCH3 is 2. The quantitative estimate of drug-likeness (QED) is 0.425. The summed E-state index contributed by atoms with van der Waals surface area (Å²) in [6, 6.07) is 6.58. The van der Waals surface area contributed by atoms with Crippen LogP contribution in [0.1, 0.15) is 33.6 Å². The van der Waals surface area contributed by atoms with Gasteiger partial charge < -0.3 is 24.8 Å². The molecule has 3 heterocycles. The maximum absolute atomic E-state index is 14.1. The van der Waals surface area contributed by atoms with Crippen molar-refractivity contribution >= 4 is 17.5 Å². The first-order valence-electron chi connectivity index (χ1n) is 10.6. The second kappa shape index (κ2) is 8.40. The lowest BCUT2D eigenvalue weighted by Gasteiger charge is -2.55. The molecule has 0 aliphatic carbocycles. The fourth-order valence-corrected chi connectivity index (χ4v) is 5.31. The molecule has 0 amide bonds. The number of carboxylic acid groups (broad SMARTS) is 1. The van der Waals surface area contributed by atoms with Crippen LogP contribution >= 0.6 is 0 Å². The molecule has 2 aromatic carbocycles. The third-order valence-corrected chi connectivity index (χ3v) is 6.84. The monoisotopic (exact) mass is 455 g/mol. The molecule has 174 valence electrons. The maximum atomic E-state index is 14.1. The number of carbonyl (C=O) groups excluding carboxylic acids is 2. The zero-order valence-corrected chi connectivity index (χ0v) is 18.3. The fraction of sp³-hybridized carbons (Fsp3) is 0.375. The Labute approximate surface area is 190 Å². The average molecular weight is 455 g/mol. The van der Waals surface area contributed by atoms with Gasteiger partial charge in [-0.05, 0) is 68.2 Å². The minimum atomic E-state index is -1.90. The van der Waals surface area contributed by atoms with Crippen LogP contribution < -0.4 is 9.47 Å². The second-order valence-electron chi connectivity index (χ2n) is 8.35. The molecule has 9 nitrogen and oxygen atoms in total. The Kier molecular flexibility index (Phi) is 5.75. The molecule has 2 aromatic rings. The van der Waals surface area contributed by atoms with Gasteiger partial charge in [0.25, 0.3) is 0 Å². The van der Waals surface area contributed by atoms with Gasteiger partial charge in [-0.25, -0.2) is 0 Å². The van der Waals surface area contributed by atoms with Crippen LogP contribution in [0.3, 0.4) is 0 Å². The minimum Gasteiger partial charge on any atom is -0.504 e. The number of rotatable bonds is 7. The van der Waals surface area contributed by atoms with E-state index in [1.54, 1.807) is 4.90 Å². The molecule has 3 aliphatic heterocycles. The largest absolute Gasteiger partial charge is 0.504 e. The Morgan fingerprint density at radius 3 is 1.73 bits per heavy atom. The predicted octanol–water partition coefficient (Wildman–Crippen LogP) is 2.35. The Morgan fingerprint density at radius 1 is 0.879 bits per heavy atom. The van der Waals surface area contributed by atoms with Gasteiger partial charge in [0.05, 0.1) is 14.2 Å². The van der Waals surface area contributed by atoms with Crippen molar-refractivity contribution in [3.05, 3.63) is 47.5 Å². The lowest BCUT2D eigenvalue weighted by atomic mass is 9.55. The molecule has 2 bridgehead atoms. The molecule has 3 aliphatic rings. The number of piperidine rings is 3. The first-order valence-corrected chi connectivity index (χ1v) is 10.6. The third kappa shape index (κ3) is 3.39. The molecule has 3 fully saturated rings. The lowest BCUT2D eigenvalue weighted by Crippen LogP contribution is -2.70. The van der Waals surface area contributed by atoms with Gasteiger partial charge in [0.2, 0.25) is 0 Å². The number of ketones is 2. The summed E-state index contributed by atoms with van der Waals surface area (Å²) in [6.07, 6.45) is 0.984. The number of phenols is 2. The SMILES string of the molecule is COc1cc(C(=O)C2(C(=O)c3ccc(O)c(OC)c3)C3CCN(CC3)C2C(=O)O)ccc1O. The Balaban J connectivity index is 1.94. The van der Waals surface area contributed by atoms with Crippen molar-refractivity contribution in [3.63, 3.8) is 0 Å². The predicted molar refractivity (Wildman–Crippen MR) is 116 cm³/mol. The standard InChI is InChI=1S/C24H25NO8/c1-32-18-11-13(3-5-16(18)26)21(28)24(15-7-9-25(10-8-15)20(24)23(30)31)22(29)14-4-6-17(27)19(12-14)33-2/h3-6,11-12,15,20,26-27H,7-10H2,1-2H3,(H,30,31). The van der Waals surface area contributed by atoms with Gasteiger partial charge in [-0.2, -0.15) is 0 Å². The highest BCUT2D eigenvalue weighted by Crippen LogP contribution is 2.51. The average Bonchev–Trinajstić information content (AvgIpc) is 2.83. The highest BCUT2D eigenvalue weighted by Gasteiger charge is 2.65. The van der Waals surface area contributed by atoms with Crippen LogP contribution in [0.15, 0.2) is 36.4 Å². The molecule has 9 heteroatoms. The molecule has 1 atom stereocenters. The zero-order chi connectivity index (χ0) is 23.9. The van der Waals surface area contributed by atoms with Crippen LogP contribution in [0.2, 0.25) is 0 Å². The van der Waals surface area contributed by atoms with E-state index >= 15 is 0 Å². The molecule has 5 rings (SSSR count). The van der Waals surface area contributed by atoms with Crippen molar-refractivity contribution in [1.29, 1.82) is 0 Å². The van der Waals surface area contributed by atoms with Gasteiger partial charge in [0, 0.05) is 11.1 Å². The number of fused-ring (bicyclic) bond motifs is 3. The summed E-state index contributed by atoms with van der Waals surface area (Å²) >= 11 is 0. The highest BCUT2D eigenvalue weighted by atomic mass is 16.5. The van der Waals surface area contributed by atoms with Crippen LogP contribution in [0, 0.1) is 11.3 Å². The molecular formula is C24H25NO8. The molecule has 0 aromatic heterocycles. The summed E-state index contributed by atoms with van der Waals surface area (Å²) in [6.45, 7) is 0.948. The first kappa shape index (κ1) is 22.6. The van der Waals surface area contributed by atoms with Crippen LogP contribution in [-0.4, -0.2) is 71.1 Å². The summed E-state index contributed by atoms with van der Waals surface area (Å²) in [7, 11) is 2.67. The molecular weight excluding hydrogens is 430 g/mol. The van der Waals surface area contributed by atoms with Crippen molar-refractivity contribution < 1.29 is 39.2 Å². The normalized spacial score (nSPS) is 23.0. The number of aromatic hydroxyl groups is 2. The summed E-state index contributed by atoms with van der Waals surface area (Å²) in [5, 5.41) is 30.1. The van der Waals surface area contributed by atoms with Gasteiger partial charge in [0.15, 0.2) is 34.6 Å². The number of ether oxygens (including phenoxy) is 2. The Morgan fingerprint density at radius 2 is 1.33 bits per heavy atom. The number of Topliss-reactive ketones (excluding diaryl/α,β-unsaturated/α-hetero) is 2. The summed E-state index contributed by atoms with van der Waals surface area (Å²) in [5.74, 6) is -3.30. The smallest absolute Gasteiger partial charge is 0.322 e. The van der Waals surface area contributed by atoms with Gasteiger partial charge in [-0.15, -0.1) is 0 Å². The lowest BCUT2D eigenvalue weighted by molar-refractivity contribution is -0.155. The van der Waals surface area contributed by atoms with Gasteiger partial charge >= 0.3 is 5.97 Å². The number of carbonyl (C=O) groups is 3.